The maximum absolute atomic E-state index is 13.6. The molecule has 0 radical (unpaired) electrons. The first-order valence-electron chi connectivity index (χ1n) is 10.8. The van der Waals surface area contributed by atoms with Gasteiger partial charge in [0, 0.05) is 17.9 Å². The molecular weight excluding hydrogens is 473 g/mol. The summed E-state index contributed by atoms with van der Waals surface area (Å²) in [5.41, 5.74) is 1.22. The highest BCUT2D eigenvalue weighted by molar-refractivity contribution is 7.93. The molecule has 0 aliphatic heterocycles. The average molecular weight is 496 g/mol. The van der Waals surface area contributed by atoms with Crippen molar-refractivity contribution in [2.24, 2.45) is 0 Å². The highest BCUT2D eigenvalue weighted by Crippen LogP contribution is 2.37. The molecule has 3 aromatic carbocycles. The number of nitrogens with zero attached hydrogens (tertiary/aromatic N) is 1. The maximum atomic E-state index is 13.6. The molecule has 0 saturated carbocycles. The van der Waals surface area contributed by atoms with E-state index in [0.717, 1.165) is 25.1 Å². The van der Waals surface area contributed by atoms with Gasteiger partial charge in [-0.25, -0.2) is 21.9 Å². The third-order valence-corrected chi connectivity index (χ3v) is 7.33. The zero-order valence-electron chi connectivity index (χ0n) is 19.2. The molecule has 0 atom stereocenters. The number of hydrogen-bond acceptors (Lipinski definition) is 6. The van der Waals surface area contributed by atoms with Crippen molar-refractivity contribution in [3.63, 3.8) is 0 Å². The summed E-state index contributed by atoms with van der Waals surface area (Å²) in [6, 6.07) is 16.4. The van der Waals surface area contributed by atoms with Gasteiger partial charge in [-0.05, 0) is 55.8 Å². The predicted octanol–water partition coefficient (Wildman–Crippen LogP) is 5.47. The number of anilines is 1. The van der Waals surface area contributed by atoms with Crippen LogP contribution in [0, 0.1) is 12.7 Å². The molecule has 0 aliphatic carbocycles. The number of amides is 1. The van der Waals surface area contributed by atoms with Crippen LogP contribution in [-0.4, -0.2) is 26.9 Å². The quantitative estimate of drug-likeness (QED) is 0.330. The van der Waals surface area contributed by atoms with Crippen molar-refractivity contribution in [2.45, 2.75) is 25.7 Å². The van der Waals surface area contributed by atoms with Gasteiger partial charge in [0.05, 0.1) is 17.2 Å². The average Bonchev–Trinajstić information content (AvgIpc) is 3.18. The third kappa shape index (κ3) is 4.42. The zero-order valence-corrected chi connectivity index (χ0v) is 20.1. The lowest BCUT2D eigenvalue weighted by molar-refractivity contribution is -0.115. The fourth-order valence-corrected chi connectivity index (χ4v) is 5.53. The number of carbonyl (C=O) groups excluding carboxylic acids is 2. The second-order valence-corrected chi connectivity index (χ2v) is 9.53. The first-order valence-corrected chi connectivity index (χ1v) is 12.2. The molecule has 1 aromatic heterocycles. The Balaban J connectivity index is 1.94. The fourth-order valence-electron chi connectivity index (χ4n) is 3.90. The minimum Gasteiger partial charge on any atom is -0.462 e. The number of halogens is 1. The summed E-state index contributed by atoms with van der Waals surface area (Å²) in [5, 5.41) is 0.289. The van der Waals surface area contributed by atoms with Crippen molar-refractivity contribution in [2.75, 3.05) is 10.9 Å². The van der Waals surface area contributed by atoms with Crippen molar-refractivity contribution in [1.29, 1.82) is 0 Å². The molecule has 1 heterocycles. The van der Waals surface area contributed by atoms with Crippen LogP contribution in [0.4, 0.5) is 10.1 Å². The Morgan fingerprint density at radius 3 is 2.37 bits per heavy atom. The number of hydrogen-bond donors (Lipinski definition) is 0. The molecule has 35 heavy (non-hydrogen) atoms. The number of esters is 1. The lowest BCUT2D eigenvalue weighted by Gasteiger charge is -2.22. The monoisotopic (exact) mass is 495 g/mol. The summed E-state index contributed by atoms with van der Waals surface area (Å²) in [5.74, 6) is -1.75. The molecule has 9 heteroatoms. The van der Waals surface area contributed by atoms with Crippen molar-refractivity contribution >= 4 is 38.6 Å². The molecule has 4 aromatic rings. The van der Waals surface area contributed by atoms with Crippen molar-refractivity contribution in [3.8, 4) is 11.3 Å². The van der Waals surface area contributed by atoms with Crippen molar-refractivity contribution in [1.82, 2.24) is 0 Å². The van der Waals surface area contributed by atoms with Gasteiger partial charge in [-0.3, -0.25) is 4.79 Å². The number of rotatable bonds is 6. The van der Waals surface area contributed by atoms with E-state index in [2.05, 4.69) is 0 Å². The molecule has 0 N–H and O–H groups in total. The van der Waals surface area contributed by atoms with Gasteiger partial charge in [-0.1, -0.05) is 30.3 Å². The minimum absolute atomic E-state index is 0.000292. The van der Waals surface area contributed by atoms with Gasteiger partial charge in [-0.15, -0.1) is 0 Å². The zero-order chi connectivity index (χ0) is 25.3. The Morgan fingerprint density at radius 2 is 1.74 bits per heavy atom. The minimum atomic E-state index is -4.39. The second-order valence-electron chi connectivity index (χ2n) is 7.77. The van der Waals surface area contributed by atoms with E-state index in [4.69, 9.17) is 9.15 Å². The van der Waals surface area contributed by atoms with Crippen LogP contribution in [0.5, 0.6) is 0 Å². The number of furan rings is 1. The van der Waals surface area contributed by atoms with E-state index in [9.17, 15) is 22.4 Å². The van der Waals surface area contributed by atoms with Crippen LogP contribution in [-0.2, 0) is 19.6 Å². The van der Waals surface area contributed by atoms with Crippen LogP contribution in [0.2, 0.25) is 0 Å². The van der Waals surface area contributed by atoms with E-state index < -0.39 is 27.7 Å². The topological polar surface area (TPSA) is 93.9 Å². The summed E-state index contributed by atoms with van der Waals surface area (Å²) >= 11 is 0. The normalized spacial score (nSPS) is 11.4. The number of benzene rings is 3. The maximum Gasteiger partial charge on any atom is 0.342 e. The summed E-state index contributed by atoms with van der Waals surface area (Å²) in [6.45, 7) is 4.34. The number of ether oxygens (including phenoxy) is 1. The summed E-state index contributed by atoms with van der Waals surface area (Å²) in [4.78, 5) is 25.3. The lowest BCUT2D eigenvalue weighted by Crippen LogP contribution is -2.35. The molecule has 180 valence electrons. The Kier molecular flexibility index (Phi) is 6.45. The first-order chi connectivity index (χ1) is 16.6. The highest BCUT2D eigenvalue weighted by Gasteiger charge is 2.32. The summed E-state index contributed by atoms with van der Waals surface area (Å²) < 4.78 is 52.3. The molecule has 0 spiro atoms. The van der Waals surface area contributed by atoms with E-state index in [1.54, 1.807) is 31.2 Å². The molecular formula is C26H22FNO6S. The molecule has 0 saturated heterocycles. The van der Waals surface area contributed by atoms with Crippen molar-refractivity contribution in [3.05, 3.63) is 83.7 Å². The Hall–Kier alpha value is -3.98. The predicted molar refractivity (Wildman–Crippen MR) is 129 cm³/mol. The van der Waals surface area contributed by atoms with Crippen LogP contribution in [0.25, 0.3) is 22.3 Å². The molecule has 0 bridgehead atoms. The SMILES string of the molecule is CCOC(=O)c1c(-c2ccccc2)oc2ccc(N(C(C)=O)S(=O)(=O)c3ccc(F)cc3C)cc12. The Bertz CT molecular complexity index is 1540. The van der Waals surface area contributed by atoms with Gasteiger partial charge >= 0.3 is 5.97 Å². The van der Waals surface area contributed by atoms with Crippen LogP contribution < -0.4 is 4.31 Å². The van der Waals surface area contributed by atoms with Crippen LogP contribution in [0.3, 0.4) is 0 Å². The Labute approximate surface area is 201 Å². The van der Waals surface area contributed by atoms with Crippen molar-refractivity contribution < 1.29 is 31.6 Å². The number of sulfonamides is 1. The molecule has 4 rings (SSSR count). The lowest BCUT2D eigenvalue weighted by atomic mass is 10.1. The van der Waals surface area contributed by atoms with E-state index in [0.29, 0.717) is 15.5 Å². The number of carbonyl (C=O) groups is 2. The second kappa shape index (κ2) is 9.34. The largest absolute Gasteiger partial charge is 0.462 e. The summed E-state index contributed by atoms with van der Waals surface area (Å²) in [7, 11) is -4.39. The van der Waals surface area contributed by atoms with Gasteiger partial charge in [-0.2, -0.15) is 0 Å². The van der Waals surface area contributed by atoms with Crippen LogP contribution in [0.1, 0.15) is 29.8 Å². The van der Waals surface area contributed by atoms with E-state index in [1.165, 1.54) is 25.1 Å². The van der Waals surface area contributed by atoms with E-state index in [1.807, 2.05) is 6.07 Å². The molecule has 0 aliphatic rings. The smallest absolute Gasteiger partial charge is 0.342 e. The standard InChI is InChI=1S/C26H22FNO6S/c1-4-33-26(30)24-21-15-20(11-12-22(21)34-25(24)18-8-6-5-7-9-18)28(17(3)29)35(31,32)23-13-10-19(27)14-16(23)2/h5-15H,4H2,1-3H3. The molecule has 7 nitrogen and oxygen atoms in total. The number of fused-ring (bicyclic) bond motifs is 1. The summed E-state index contributed by atoms with van der Waals surface area (Å²) in [6.07, 6.45) is 0. The van der Waals surface area contributed by atoms with Crippen LogP contribution in [0.15, 0.2) is 76.0 Å². The Morgan fingerprint density at radius 1 is 1.03 bits per heavy atom. The van der Waals surface area contributed by atoms with E-state index in [-0.39, 0.29) is 39.5 Å². The number of aryl methyl sites for hydroxylation is 1. The van der Waals surface area contributed by atoms with Crippen LogP contribution >= 0.6 is 0 Å². The third-order valence-electron chi connectivity index (χ3n) is 5.36. The first kappa shape index (κ1) is 24.2. The molecule has 1 amide bonds. The van der Waals surface area contributed by atoms with E-state index >= 15 is 0 Å². The van der Waals surface area contributed by atoms with Gasteiger partial charge in [0.25, 0.3) is 10.0 Å². The fraction of sp³-hybridized carbons (Fsp3) is 0.154. The van der Waals surface area contributed by atoms with Gasteiger partial charge < -0.3 is 9.15 Å². The molecule has 0 unspecified atom stereocenters. The van der Waals surface area contributed by atoms with Gasteiger partial charge in [0.1, 0.15) is 22.7 Å². The molecule has 0 fully saturated rings. The highest BCUT2D eigenvalue weighted by atomic mass is 32.2. The van der Waals surface area contributed by atoms with Gasteiger partial charge in [0.2, 0.25) is 5.91 Å². The van der Waals surface area contributed by atoms with Gasteiger partial charge in [0.15, 0.2) is 0 Å².